The summed E-state index contributed by atoms with van der Waals surface area (Å²) in [6.45, 7) is 1.39. The number of carbonyl (C=O) groups excluding carboxylic acids is 1. The molecule has 2 N–H and O–H groups in total. The smallest absolute Gasteiger partial charge is 0.292 e. The van der Waals surface area contributed by atoms with E-state index in [9.17, 15) is 4.79 Å². The fraction of sp³-hybridized carbons (Fsp3) is 0.200. The van der Waals surface area contributed by atoms with Gasteiger partial charge in [0.1, 0.15) is 0 Å². The maximum Gasteiger partial charge on any atom is 0.292 e. The highest BCUT2D eigenvalue weighted by Gasteiger charge is 2.03. The van der Waals surface area contributed by atoms with Crippen molar-refractivity contribution in [2.75, 3.05) is 5.73 Å². The molecule has 48 valence electrons. The molecule has 0 aliphatic heterocycles. The highest BCUT2D eigenvalue weighted by Crippen LogP contribution is 2.03. The highest BCUT2D eigenvalue weighted by atomic mass is 16.4. The van der Waals surface area contributed by atoms with Crippen LogP contribution in [-0.4, -0.2) is 10.8 Å². The number of aromatic nitrogens is 1. The number of anilines is 1. The van der Waals surface area contributed by atoms with Crippen LogP contribution in [0.4, 0.5) is 6.01 Å². The van der Waals surface area contributed by atoms with E-state index in [0.29, 0.717) is 0 Å². The van der Waals surface area contributed by atoms with Crippen molar-refractivity contribution < 1.29 is 9.21 Å². The van der Waals surface area contributed by atoms with Crippen LogP contribution < -0.4 is 5.73 Å². The summed E-state index contributed by atoms with van der Waals surface area (Å²) in [5, 5.41) is 0. The number of ketones is 1. The predicted molar refractivity (Wildman–Crippen MR) is 30.9 cm³/mol. The summed E-state index contributed by atoms with van der Waals surface area (Å²) < 4.78 is 4.66. The molecule has 0 atom stereocenters. The number of hydrogen-bond donors (Lipinski definition) is 1. The second kappa shape index (κ2) is 1.89. The molecule has 1 rings (SSSR count). The first-order chi connectivity index (χ1) is 4.20. The number of nitrogens with two attached hydrogens (primary N) is 1. The molecule has 4 nitrogen and oxygen atoms in total. The zero-order chi connectivity index (χ0) is 6.85. The van der Waals surface area contributed by atoms with Crippen LogP contribution in [0.2, 0.25) is 0 Å². The van der Waals surface area contributed by atoms with Crippen LogP contribution >= 0.6 is 0 Å². The van der Waals surface area contributed by atoms with E-state index in [4.69, 9.17) is 5.73 Å². The molecule has 0 saturated carbocycles. The number of nitrogens with zero attached hydrogens (tertiary/aromatic N) is 1. The van der Waals surface area contributed by atoms with Crippen LogP contribution in [0.1, 0.15) is 17.5 Å². The summed E-state index contributed by atoms with van der Waals surface area (Å²) in [6.07, 6.45) is 1.30. The first-order valence-corrected chi connectivity index (χ1v) is 2.42. The second-order valence-electron chi connectivity index (χ2n) is 1.62. The van der Waals surface area contributed by atoms with Gasteiger partial charge in [0.15, 0.2) is 11.5 Å². The van der Waals surface area contributed by atoms with Crippen molar-refractivity contribution in [3.8, 4) is 0 Å². The van der Waals surface area contributed by atoms with Crippen molar-refractivity contribution in [1.29, 1.82) is 0 Å². The Balaban J connectivity index is 2.98. The summed E-state index contributed by atoms with van der Waals surface area (Å²) in [5.74, 6) is 0.0340. The fourth-order valence-electron chi connectivity index (χ4n) is 0.450. The van der Waals surface area contributed by atoms with Gasteiger partial charge in [0.25, 0.3) is 6.01 Å². The van der Waals surface area contributed by atoms with Crippen LogP contribution in [0.25, 0.3) is 0 Å². The Morgan fingerprint density at radius 3 is 2.78 bits per heavy atom. The van der Waals surface area contributed by atoms with E-state index in [0.717, 1.165) is 0 Å². The Bertz CT molecular complexity index is 229. The van der Waals surface area contributed by atoms with Crippen molar-refractivity contribution in [2.24, 2.45) is 0 Å². The highest BCUT2D eigenvalue weighted by molar-refractivity contribution is 5.91. The number of nitrogen functional groups attached to an aromatic ring is 1. The molecule has 0 fully saturated rings. The monoisotopic (exact) mass is 126 g/mol. The maximum absolute atomic E-state index is 10.5. The van der Waals surface area contributed by atoms with Crippen LogP contribution in [0.3, 0.4) is 0 Å². The van der Waals surface area contributed by atoms with Gasteiger partial charge in [0, 0.05) is 6.92 Å². The summed E-state index contributed by atoms with van der Waals surface area (Å²) in [6, 6.07) is 0.0280. The van der Waals surface area contributed by atoms with Gasteiger partial charge in [-0.3, -0.25) is 4.79 Å². The topological polar surface area (TPSA) is 69.1 Å². The number of oxazole rings is 1. The molecule has 0 saturated heterocycles. The molecule has 0 amide bonds. The fourth-order valence-corrected chi connectivity index (χ4v) is 0.450. The molecule has 1 aromatic rings. The van der Waals surface area contributed by atoms with E-state index < -0.39 is 0 Å². The van der Waals surface area contributed by atoms with Crippen molar-refractivity contribution in [2.45, 2.75) is 6.92 Å². The maximum atomic E-state index is 10.5. The molecule has 0 aliphatic carbocycles. The number of carbonyl (C=O) groups is 1. The van der Waals surface area contributed by atoms with Gasteiger partial charge in [0.05, 0.1) is 6.20 Å². The van der Waals surface area contributed by atoms with E-state index in [-0.39, 0.29) is 17.6 Å². The lowest BCUT2D eigenvalue weighted by molar-refractivity contribution is 0.0988. The van der Waals surface area contributed by atoms with Crippen LogP contribution in [-0.2, 0) is 0 Å². The number of Topliss-reactive ketones (excluding diaryl/α,β-unsaturated/α-hetero) is 1. The molecule has 0 spiro atoms. The van der Waals surface area contributed by atoms with Crippen molar-refractivity contribution >= 4 is 11.8 Å². The minimum absolute atomic E-state index is 0.0280. The molecule has 0 bridgehead atoms. The summed E-state index contributed by atoms with van der Waals surface area (Å²) >= 11 is 0. The average Bonchev–Trinajstić information content (AvgIpc) is 2.14. The van der Waals surface area contributed by atoms with E-state index in [2.05, 4.69) is 9.40 Å². The third-order valence-electron chi connectivity index (χ3n) is 0.871. The predicted octanol–water partition coefficient (Wildman–Crippen LogP) is 0.459. The first-order valence-electron chi connectivity index (χ1n) is 2.42. The average molecular weight is 126 g/mol. The Hall–Kier alpha value is -1.32. The van der Waals surface area contributed by atoms with Gasteiger partial charge < -0.3 is 10.2 Å². The zero-order valence-corrected chi connectivity index (χ0v) is 4.92. The Morgan fingerprint density at radius 2 is 2.56 bits per heavy atom. The van der Waals surface area contributed by atoms with Gasteiger partial charge in [0.2, 0.25) is 0 Å². The minimum Gasteiger partial charge on any atom is -0.421 e. The lowest BCUT2D eigenvalue weighted by Gasteiger charge is -1.80. The van der Waals surface area contributed by atoms with Crippen LogP contribution in [0, 0.1) is 0 Å². The SMILES string of the molecule is CC(=O)c1cnc(N)o1. The molecule has 9 heavy (non-hydrogen) atoms. The molecular weight excluding hydrogens is 120 g/mol. The Kier molecular flexibility index (Phi) is 1.22. The van der Waals surface area contributed by atoms with E-state index in [1.807, 2.05) is 0 Å². The molecule has 0 unspecified atom stereocenters. The van der Waals surface area contributed by atoms with Gasteiger partial charge in [-0.2, -0.15) is 0 Å². The number of hydrogen-bond acceptors (Lipinski definition) is 4. The lowest BCUT2D eigenvalue weighted by atomic mass is 10.4. The van der Waals surface area contributed by atoms with E-state index in [1.54, 1.807) is 0 Å². The minimum atomic E-state index is -0.167. The zero-order valence-electron chi connectivity index (χ0n) is 4.92. The quantitative estimate of drug-likeness (QED) is 0.555. The summed E-state index contributed by atoms with van der Waals surface area (Å²) in [4.78, 5) is 14.0. The third kappa shape index (κ3) is 1.07. The summed E-state index contributed by atoms with van der Waals surface area (Å²) in [7, 11) is 0. The van der Waals surface area contributed by atoms with Gasteiger partial charge in [-0.15, -0.1) is 0 Å². The molecule has 0 aliphatic rings. The Labute approximate surface area is 51.7 Å². The Morgan fingerprint density at radius 1 is 1.89 bits per heavy atom. The molecule has 1 aromatic heterocycles. The van der Waals surface area contributed by atoms with Crippen molar-refractivity contribution in [1.82, 2.24) is 4.98 Å². The third-order valence-corrected chi connectivity index (χ3v) is 0.871. The first kappa shape index (κ1) is 5.81. The molecule has 0 radical (unpaired) electrons. The molecule has 1 heterocycles. The normalized spacial score (nSPS) is 9.44. The molecule has 4 heteroatoms. The number of rotatable bonds is 1. The molecular formula is C5H6N2O2. The largest absolute Gasteiger partial charge is 0.421 e. The van der Waals surface area contributed by atoms with Crippen molar-refractivity contribution in [3.05, 3.63) is 12.0 Å². The lowest BCUT2D eigenvalue weighted by Crippen LogP contribution is -1.86. The van der Waals surface area contributed by atoms with Crippen LogP contribution in [0.15, 0.2) is 10.6 Å². The van der Waals surface area contributed by atoms with E-state index in [1.165, 1.54) is 13.1 Å². The summed E-state index contributed by atoms with van der Waals surface area (Å²) in [5.41, 5.74) is 5.09. The van der Waals surface area contributed by atoms with E-state index >= 15 is 0 Å². The van der Waals surface area contributed by atoms with Crippen LogP contribution in [0.5, 0.6) is 0 Å². The standard InChI is InChI=1S/C5H6N2O2/c1-3(8)4-2-7-5(6)9-4/h2H,1H3,(H2,6,7). The molecule has 0 aromatic carbocycles. The van der Waals surface area contributed by atoms with Gasteiger partial charge in [-0.05, 0) is 0 Å². The van der Waals surface area contributed by atoms with Gasteiger partial charge in [-0.1, -0.05) is 0 Å². The van der Waals surface area contributed by atoms with Gasteiger partial charge >= 0.3 is 0 Å². The van der Waals surface area contributed by atoms with Gasteiger partial charge in [-0.25, -0.2) is 4.98 Å². The van der Waals surface area contributed by atoms with Crippen molar-refractivity contribution in [3.63, 3.8) is 0 Å². The second-order valence-corrected chi connectivity index (χ2v) is 1.62.